The molecule has 1 unspecified atom stereocenters. The van der Waals surface area contributed by atoms with Crippen LogP contribution in [0.25, 0.3) is 0 Å². The maximum Gasteiger partial charge on any atom is 0.237 e. The van der Waals surface area contributed by atoms with Crippen molar-refractivity contribution < 1.29 is 9.59 Å². The Hall–Kier alpha value is -2.70. The van der Waals surface area contributed by atoms with E-state index in [1.807, 2.05) is 30.9 Å². The van der Waals surface area contributed by atoms with Crippen LogP contribution in [0.5, 0.6) is 0 Å². The Kier molecular flexibility index (Phi) is 7.22. The number of nitrogens with zero attached hydrogens (tertiary/aromatic N) is 3. The fourth-order valence-electron chi connectivity index (χ4n) is 5.02. The van der Waals surface area contributed by atoms with Crippen LogP contribution < -0.4 is 5.32 Å². The Bertz CT molecular complexity index is 855. The lowest BCUT2D eigenvalue weighted by Gasteiger charge is -2.41. The molecule has 0 bridgehead atoms. The maximum atomic E-state index is 13.1. The highest BCUT2D eigenvalue weighted by Gasteiger charge is 2.35. The maximum absolute atomic E-state index is 13.1. The normalized spacial score (nSPS) is 20.6. The van der Waals surface area contributed by atoms with Gasteiger partial charge in [0.15, 0.2) is 0 Å². The summed E-state index contributed by atoms with van der Waals surface area (Å²) in [6, 6.07) is 21.1. The third kappa shape index (κ3) is 5.03. The number of carbonyl (C=O) groups is 2. The second kappa shape index (κ2) is 10.3. The highest BCUT2D eigenvalue weighted by atomic mass is 16.2. The van der Waals surface area contributed by atoms with Crippen LogP contribution in [-0.4, -0.2) is 78.4 Å². The number of nitrogens with one attached hydrogen (secondary N) is 1. The van der Waals surface area contributed by atoms with Crippen LogP contribution >= 0.6 is 0 Å². The second-order valence-electron chi connectivity index (χ2n) is 9.09. The van der Waals surface area contributed by atoms with Gasteiger partial charge in [0, 0.05) is 39.3 Å². The number of amides is 2. The molecule has 0 saturated carbocycles. The van der Waals surface area contributed by atoms with Crippen LogP contribution in [0.4, 0.5) is 0 Å². The number of hydrogen-bond acceptors (Lipinski definition) is 4. The van der Waals surface area contributed by atoms with E-state index in [0.29, 0.717) is 26.2 Å². The van der Waals surface area contributed by atoms with Crippen molar-refractivity contribution in [2.75, 3.05) is 45.8 Å². The summed E-state index contributed by atoms with van der Waals surface area (Å²) in [5, 5.41) is 2.93. The number of carbonyl (C=O) groups excluding carboxylic acids is 2. The van der Waals surface area contributed by atoms with Gasteiger partial charge in [-0.1, -0.05) is 74.5 Å². The van der Waals surface area contributed by atoms with E-state index in [1.54, 1.807) is 0 Å². The van der Waals surface area contributed by atoms with Gasteiger partial charge in [-0.05, 0) is 17.0 Å². The van der Waals surface area contributed by atoms with Crippen molar-refractivity contribution in [1.29, 1.82) is 0 Å². The topological polar surface area (TPSA) is 55.9 Å². The summed E-state index contributed by atoms with van der Waals surface area (Å²) < 4.78 is 0. The van der Waals surface area contributed by atoms with Crippen LogP contribution in [0.2, 0.25) is 0 Å². The second-order valence-corrected chi connectivity index (χ2v) is 9.09. The van der Waals surface area contributed by atoms with Crippen LogP contribution in [0, 0.1) is 5.92 Å². The van der Waals surface area contributed by atoms with Gasteiger partial charge in [-0.2, -0.15) is 0 Å². The van der Waals surface area contributed by atoms with E-state index in [2.05, 4.69) is 63.6 Å². The van der Waals surface area contributed by atoms with Gasteiger partial charge in [0.05, 0.1) is 18.6 Å². The lowest BCUT2D eigenvalue weighted by Crippen LogP contribution is -2.60. The molecule has 6 heteroatoms. The number of piperazine rings is 2. The van der Waals surface area contributed by atoms with Gasteiger partial charge in [0.1, 0.15) is 0 Å². The Morgan fingerprint density at radius 1 is 0.906 bits per heavy atom. The first-order valence-electron chi connectivity index (χ1n) is 11.7. The molecule has 2 amide bonds. The minimum atomic E-state index is -0.227. The molecule has 2 aromatic rings. The predicted molar refractivity (Wildman–Crippen MR) is 126 cm³/mol. The lowest BCUT2D eigenvalue weighted by atomic mass is 9.96. The molecular formula is C26H34N4O2. The summed E-state index contributed by atoms with van der Waals surface area (Å²) in [5.41, 5.74) is 2.55. The molecule has 0 aromatic heterocycles. The molecule has 2 aliphatic rings. The minimum absolute atomic E-state index is 0.0393. The van der Waals surface area contributed by atoms with Gasteiger partial charge in [0.2, 0.25) is 11.8 Å². The van der Waals surface area contributed by atoms with Gasteiger partial charge in [-0.3, -0.25) is 19.4 Å². The fraction of sp³-hybridized carbons (Fsp3) is 0.462. The summed E-state index contributed by atoms with van der Waals surface area (Å²) in [4.78, 5) is 31.9. The van der Waals surface area contributed by atoms with E-state index in [-0.39, 0.29) is 29.8 Å². The predicted octanol–water partition coefficient (Wildman–Crippen LogP) is 2.38. The summed E-state index contributed by atoms with van der Waals surface area (Å²) >= 11 is 0. The molecule has 2 heterocycles. The average molecular weight is 435 g/mol. The van der Waals surface area contributed by atoms with Gasteiger partial charge in [-0.25, -0.2) is 0 Å². The summed E-state index contributed by atoms with van der Waals surface area (Å²) in [6.07, 6.45) is 0. The van der Waals surface area contributed by atoms with Crippen LogP contribution in [-0.2, 0) is 9.59 Å². The van der Waals surface area contributed by atoms with E-state index >= 15 is 0 Å². The van der Waals surface area contributed by atoms with E-state index in [0.717, 1.165) is 19.6 Å². The van der Waals surface area contributed by atoms with Crippen molar-refractivity contribution in [3.05, 3.63) is 71.8 Å². The van der Waals surface area contributed by atoms with Crippen molar-refractivity contribution in [3.8, 4) is 0 Å². The van der Waals surface area contributed by atoms with E-state index in [4.69, 9.17) is 0 Å². The molecule has 2 aliphatic heterocycles. The first-order valence-corrected chi connectivity index (χ1v) is 11.7. The molecule has 32 heavy (non-hydrogen) atoms. The van der Waals surface area contributed by atoms with Crippen LogP contribution in [0.3, 0.4) is 0 Å². The number of benzene rings is 2. The Morgan fingerprint density at radius 3 is 2.00 bits per heavy atom. The van der Waals surface area contributed by atoms with Crippen molar-refractivity contribution in [2.45, 2.75) is 25.9 Å². The molecule has 1 atom stereocenters. The van der Waals surface area contributed by atoms with Gasteiger partial charge < -0.3 is 10.2 Å². The Labute approximate surface area is 191 Å². The van der Waals surface area contributed by atoms with Crippen LogP contribution in [0.1, 0.15) is 31.0 Å². The molecule has 170 valence electrons. The monoisotopic (exact) mass is 434 g/mol. The highest BCUT2D eigenvalue weighted by molar-refractivity contribution is 5.84. The van der Waals surface area contributed by atoms with Crippen molar-refractivity contribution in [3.63, 3.8) is 0 Å². The molecule has 0 spiro atoms. The SMILES string of the molecule is CC(C)C1C(=O)NCCN1CC(=O)N1CCN(C(c2ccccc2)c2ccccc2)CC1. The smallest absolute Gasteiger partial charge is 0.237 e. The third-order valence-electron chi connectivity index (χ3n) is 6.59. The standard InChI is InChI=1S/C26H34N4O2/c1-20(2)24-26(32)27-13-14-30(24)19-23(31)28-15-17-29(18-16-28)25(21-9-5-3-6-10-21)22-11-7-4-8-12-22/h3-12,20,24-25H,13-19H2,1-2H3,(H,27,32). The van der Waals surface area contributed by atoms with Crippen molar-refractivity contribution in [2.24, 2.45) is 5.92 Å². The highest BCUT2D eigenvalue weighted by Crippen LogP contribution is 2.29. The van der Waals surface area contributed by atoms with Crippen LogP contribution in [0.15, 0.2) is 60.7 Å². The molecule has 4 rings (SSSR count). The lowest BCUT2D eigenvalue weighted by molar-refractivity contribution is -0.139. The van der Waals surface area contributed by atoms with Gasteiger partial charge >= 0.3 is 0 Å². The first kappa shape index (κ1) is 22.5. The van der Waals surface area contributed by atoms with Gasteiger partial charge in [-0.15, -0.1) is 0 Å². The fourth-order valence-corrected chi connectivity index (χ4v) is 5.02. The molecule has 0 radical (unpaired) electrons. The molecule has 2 fully saturated rings. The van der Waals surface area contributed by atoms with E-state index in [1.165, 1.54) is 11.1 Å². The van der Waals surface area contributed by atoms with Gasteiger partial charge in [0.25, 0.3) is 0 Å². The Morgan fingerprint density at radius 2 is 1.47 bits per heavy atom. The quantitative estimate of drug-likeness (QED) is 0.759. The zero-order chi connectivity index (χ0) is 22.5. The zero-order valence-corrected chi connectivity index (χ0v) is 19.1. The molecule has 1 N–H and O–H groups in total. The third-order valence-corrected chi connectivity index (χ3v) is 6.59. The number of hydrogen-bond donors (Lipinski definition) is 1. The average Bonchev–Trinajstić information content (AvgIpc) is 2.81. The zero-order valence-electron chi connectivity index (χ0n) is 19.1. The molecule has 0 aliphatic carbocycles. The number of rotatable bonds is 6. The molecule has 6 nitrogen and oxygen atoms in total. The first-order chi connectivity index (χ1) is 15.5. The van der Waals surface area contributed by atoms with E-state index in [9.17, 15) is 9.59 Å². The van der Waals surface area contributed by atoms with E-state index < -0.39 is 0 Å². The largest absolute Gasteiger partial charge is 0.353 e. The minimum Gasteiger partial charge on any atom is -0.353 e. The molecule has 2 aromatic carbocycles. The van der Waals surface area contributed by atoms with Crippen molar-refractivity contribution in [1.82, 2.24) is 20.0 Å². The van der Waals surface area contributed by atoms with Crippen molar-refractivity contribution >= 4 is 11.8 Å². The molecular weight excluding hydrogens is 400 g/mol. The molecule has 2 saturated heterocycles. The summed E-state index contributed by atoms with van der Waals surface area (Å²) in [6.45, 7) is 8.81. The summed E-state index contributed by atoms with van der Waals surface area (Å²) in [5.74, 6) is 0.343. The summed E-state index contributed by atoms with van der Waals surface area (Å²) in [7, 11) is 0. The Balaban J connectivity index is 1.41.